The van der Waals surface area contributed by atoms with E-state index in [9.17, 15) is 18.0 Å². The van der Waals surface area contributed by atoms with Crippen molar-refractivity contribution in [1.82, 2.24) is 34.9 Å². The van der Waals surface area contributed by atoms with Gasteiger partial charge >= 0.3 is 6.18 Å². The van der Waals surface area contributed by atoms with Gasteiger partial charge in [0.25, 0.3) is 0 Å². The van der Waals surface area contributed by atoms with Crippen LogP contribution in [0.4, 0.5) is 30.6 Å². The minimum atomic E-state index is -4.60. The number of aromatic nitrogens is 4. The minimum Gasteiger partial charge on any atom is -0.369 e. The van der Waals surface area contributed by atoms with Crippen LogP contribution in [0.1, 0.15) is 43.0 Å². The summed E-state index contributed by atoms with van der Waals surface area (Å²) in [6.07, 6.45) is 0.935. The van der Waals surface area contributed by atoms with Gasteiger partial charge in [0.1, 0.15) is 11.4 Å². The van der Waals surface area contributed by atoms with Crippen LogP contribution in [0, 0.1) is 6.92 Å². The Bertz CT molecular complexity index is 1040. The molecule has 0 bridgehead atoms. The van der Waals surface area contributed by atoms with Crippen LogP contribution in [-0.4, -0.2) is 88.3 Å². The number of carbonyl (C=O) groups is 1. The molecule has 0 aromatic carbocycles. The summed E-state index contributed by atoms with van der Waals surface area (Å²) in [5.41, 5.74) is 0.450. The summed E-state index contributed by atoms with van der Waals surface area (Å²) in [5, 5.41) is 13.7. The largest absolute Gasteiger partial charge is 0.421 e. The van der Waals surface area contributed by atoms with E-state index in [1.54, 1.807) is 4.90 Å². The first-order valence-corrected chi connectivity index (χ1v) is 12.4. The van der Waals surface area contributed by atoms with Gasteiger partial charge in [-0.05, 0) is 46.3 Å². The maximum Gasteiger partial charge on any atom is 0.421 e. The van der Waals surface area contributed by atoms with E-state index < -0.39 is 11.7 Å². The number of nitrogens with one attached hydrogen (secondary N) is 3. The Morgan fingerprint density at radius 2 is 1.97 bits per heavy atom. The molecule has 4 heterocycles. The molecule has 36 heavy (non-hydrogen) atoms. The summed E-state index contributed by atoms with van der Waals surface area (Å²) >= 11 is 0. The molecule has 10 nitrogen and oxygen atoms in total. The second-order valence-electron chi connectivity index (χ2n) is 9.38. The van der Waals surface area contributed by atoms with E-state index in [2.05, 4.69) is 35.9 Å². The molecule has 198 valence electrons. The maximum atomic E-state index is 13.6. The molecular weight excluding hydrogens is 475 g/mol. The number of anilines is 3. The van der Waals surface area contributed by atoms with Crippen molar-refractivity contribution in [2.75, 3.05) is 63.5 Å². The second kappa shape index (κ2) is 11.4. The average Bonchev–Trinajstić information content (AvgIpc) is 3.13. The van der Waals surface area contributed by atoms with Crippen molar-refractivity contribution in [3.63, 3.8) is 0 Å². The van der Waals surface area contributed by atoms with Gasteiger partial charge in [0.2, 0.25) is 11.9 Å². The Morgan fingerprint density at radius 3 is 2.72 bits per heavy atom. The zero-order valence-corrected chi connectivity index (χ0v) is 20.7. The van der Waals surface area contributed by atoms with E-state index in [1.807, 2.05) is 24.9 Å². The van der Waals surface area contributed by atoms with Crippen LogP contribution in [0.3, 0.4) is 0 Å². The number of carbonyl (C=O) groups excluding carboxylic acids is 1. The Labute approximate surface area is 208 Å². The summed E-state index contributed by atoms with van der Waals surface area (Å²) in [6, 6.07) is 0.280. The highest BCUT2D eigenvalue weighted by molar-refractivity contribution is 5.76. The fourth-order valence-corrected chi connectivity index (χ4v) is 4.45. The standard InChI is InChI=1S/C23H34F3N9O/c1-16-19(15-35(32-16)17-4-8-27-9-5-17)30-22-29-14-18(23(24,25)26)21(31-22)28-7-3-10-34-13-12-33(2)11-6-20(34)36/h14-15,17,27H,3-13H2,1-2H3,(H2,28,29,30,31). The number of piperidine rings is 1. The lowest BCUT2D eigenvalue weighted by Crippen LogP contribution is -2.34. The molecule has 0 unspecified atom stereocenters. The molecular formula is C23H34F3N9O. The van der Waals surface area contributed by atoms with Gasteiger partial charge in [0.05, 0.1) is 17.4 Å². The van der Waals surface area contributed by atoms with Gasteiger partial charge in [-0.15, -0.1) is 0 Å². The van der Waals surface area contributed by atoms with E-state index in [-0.39, 0.29) is 30.3 Å². The topological polar surface area (TPSA) is 103 Å². The Morgan fingerprint density at radius 1 is 1.19 bits per heavy atom. The van der Waals surface area contributed by atoms with Gasteiger partial charge in [-0.25, -0.2) is 4.98 Å². The normalized spacial score (nSPS) is 18.4. The zero-order valence-electron chi connectivity index (χ0n) is 20.7. The van der Waals surface area contributed by atoms with Gasteiger partial charge in [-0.3, -0.25) is 9.48 Å². The van der Waals surface area contributed by atoms with Crippen molar-refractivity contribution >= 4 is 23.4 Å². The highest BCUT2D eigenvalue weighted by atomic mass is 19.4. The van der Waals surface area contributed by atoms with E-state index >= 15 is 0 Å². The first-order chi connectivity index (χ1) is 17.2. The number of nitrogens with zero attached hydrogens (tertiary/aromatic N) is 6. The molecule has 0 atom stereocenters. The predicted octanol–water partition coefficient (Wildman–Crippen LogP) is 2.63. The van der Waals surface area contributed by atoms with Gasteiger partial charge in [0.15, 0.2) is 0 Å². The summed E-state index contributed by atoms with van der Waals surface area (Å²) in [5.74, 6) is -0.154. The molecule has 0 spiro atoms. The summed E-state index contributed by atoms with van der Waals surface area (Å²) in [4.78, 5) is 24.2. The number of likely N-dealkylation sites (N-methyl/N-ethyl adjacent to an activating group) is 1. The maximum absolute atomic E-state index is 13.6. The highest BCUT2D eigenvalue weighted by Gasteiger charge is 2.35. The molecule has 2 aliphatic rings. The molecule has 13 heteroatoms. The molecule has 4 rings (SSSR count). The molecule has 3 N–H and O–H groups in total. The van der Waals surface area contributed by atoms with Crippen LogP contribution >= 0.6 is 0 Å². The van der Waals surface area contributed by atoms with Crippen molar-refractivity contribution in [2.24, 2.45) is 0 Å². The number of rotatable bonds is 8. The van der Waals surface area contributed by atoms with Gasteiger partial charge < -0.3 is 25.8 Å². The lowest BCUT2D eigenvalue weighted by Gasteiger charge is -2.22. The van der Waals surface area contributed by atoms with Gasteiger partial charge in [0, 0.05) is 51.5 Å². The first-order valence-electron chi connectivity index (χ1n) is 12.4. The van der Waals surface area contributed by atoms with Crippen molar-refractivity contribution in [1.29, 1.82) is 0 Å². The monoisotopic (exact) mass is 509 g/mol. The van der Waals surface area contributed by atoms with Crippen molar-refractivity contribution in [2.45, 2.75) is 44.8 Å². The summed E-state index contributed by atoms with van der Waals surface area (Å²) < 4.78 is 42.7. The Balaban J connectivity index is 1.41. The third kappa shape index (κ3) is 6.64. The number of alkyl halides is 3. The molecule has 2 aromatic heterocycles. The van der Waals surface area contributed by atoms with Crippen LogP contribution < -0.4 is 16.0 Å². The van der Waals surface area contributed by atoms with Crippen LogP contribution in [0.25, 0.3) is 0 Å². The van der Waals surface area contributed by atoms with Crippen LogP contribution in [0.15, 0.2) is 12.4 Å². The first kappa shape index (κ1) is 26.1. The SMILES string of the molecule is Cc1nn(C2CCNCC2)cc1Nc1ncc(C(F)(F)F)c(NCCCN2CCN(C)CCC2=O)n1. The molecule has 0 radical (unpaired) electrons. The average molecular weight is 510 g/mol. The Kier molecular flexibility index (Phi) is 8.29. The number of halogens is 3. The van der Waals surface area contributed by atoms with Crippen molar-refractivity contribution in [3.8, 4) is 0 Å². The lowest BCUT2D eigenvalue weighted by atomic mass is 10.1. The number of amides is 1. The molecule has 2 aliphatic heterocycles. The summed E-state index contributed by atoms with van der Waals surface area (Å²) in [7, 11) is 1.97. The predicted molar refractivity (Wildman–Crippen MR) is 130 cm³/mol. The van der Waals surface area contributed by atoms with Crippen LogP contribution in [-0.2, 0) is 11.0 Å². The van der Waals surface area contributed by atoms with Crippen LogP contribution in [0.5, 0.6) is 0 Å². The third-order valence-corrected chi connectivity index (χ3v) is 6.65. The van der Waals surface area contributed by atoms with E-state index in [1.165, 1.54) is 0 Å². The molecule has 2 aromatic rings. The van der Waals surface area contributed by atoms with E-state index in [0.29, 0.717) is 31.6 Å². The number of hydrogen-bond acceptors (Lipinski definition) is 8. The Hall–Kier alpha value is -2.93. The summed E-state index contributed by atoms with van der Waals surface area (Å²) in [6.45, 7) is 6.53. The quantitative estimate of drug-likeness (QED) is 0.467. The fourth-order valence-electron chi connectivity index (χ4n) is 4.45. The van der Waals surface area contributed by atoms with Gasteiger partial charge in [-0.1, -0.05) is 0 Å². The zero-order chi connectivity index (χ0) is 25.7. The van der Waals surface area contributed by atoms with E-state index in [4.69, 9.17) is 0 Å². The number of hydrogen-bond donors (Lipinski definition) is 3. The third-order valence-electron chi connectivity index (χ3n) is 6.65. The fraction of sp³-hybridized carbons (Fsp3) is 0.652. The van der Waals surface area contributed by atoms with Crippen LogP contribution in [0.2, 0.25) is 0 Å². The smallest absolute Gasteiger partial charge is 0.369 e. The molecule has 2 saturated heterocycles. The minimum absolute atomic E-state index is 0.0594. The molecule has 1 amide bonds. The molecule has 0 saturated carbocycles. The molecule has 2 fully saturated rings. The number of aryl methyl sites for hydroxylation is 1. The molecule has 0 aliphatic carbocycles. The highest BCUT2D eigenvalue weighted by Crippen LogP contribution is 2.34. The lowest BCUT2D eigenvalue weighted by molar-refractivity contribution is -0.137. The van der Waals surface area contributed by atoms with Crippen molar-refractivity contribution < 1.29 is 18.0 Å². The van der Waals surface area contributed by atoms with Gasteiger partial charge in [-0.2, -0.15) is 23.3 Å². The van der Waals surface area contributed by atoms with Crippen molar-refractivity contribution in [3.05, 3.63) is 23.7 Å². The van der Waals surface area contributed by atoms with E-state index in [0.717, 1.165) is 50.9 Å². The second-order valence-corrected chi connectivity index (χ2v) is 9.38.